The van der Waals surface area contributed by atoms with Crippen LogP contribution in [0.15, 0.2) is 24.3 Å². The van der Waals surface area contributed by atoms with Crippen molar-refractivity contribution in [2.75, 3.05) is 7.11 Å². The number of nitrogens with zero attached hydrogens (tertiary/aromatic N) is 1. The van der Waals surface area contributed by atoms with Crippen LogP contribution < -0.4 is 5.32 Å². The van der Waals surface area contributed by atoms with Crippen molar-refractivity contribution in [3.05, 3.63) is 35.4 Å². The van der Waals surface area contributed by atoms with Gasteiger partial charge in [0.1, 0.15) is 5.60 Å². The third-order valence-corrected chi connectivity index (χ3v) is 3.00. The van der Waals surface area contributed by atoms with Crippen LogP contribution in [-0.4, -0.2) is 24.8 Å². The third kappa shape index (κ3) is 6.83. The highest BCUT2D eigenvalue weighted by molar-refractivity contribution is 5.70. The zero-order chi connectivity index (χ0) is 17.5. The Labute approximate surface area is 136 Å². The molecule has 6 heteroatoms. The average molecular weight is 318 g/mol. The Kier molecular flexibility index (Phi) is 6.58. The number of carbonyl (C=O) groups is 2. The fourth-order valence-electron chi connectivity index (χ4n) is 1.93. The molecule has 0 heterocycles. The molecule has 0 radical (unpaired) electrons. The van der Waals surface area contributed by atoms with E-state index in [2.05, 4.69) is 10.1 Å². The molecule has 1 rings (SSSR count). The summed E-state index contributed by atoms with van der Waals surface area (Å²) in [7, 11) is 1.32. The average Bonchev–Trinajstić information content (AvgIpc) is 2.49. The van der Waals surface area contributed by atoms with Crippen molar-refractivity contribution in [2.24, 2.45) is 0 Å². The number of rotatable bonds is 5. The maximum Gasteiger partial charge on any atom is 0.408 e. The molecule has 0 aromatic heterocycles. The predicted octanol–water partition coefficient (Wildman–Crippen LogP) is 3.08. The Morgan fingerprint density at radius 2 is 1.87 bits per heavy atom. The van der Waals surface area contributed by atoms with Gasteiger partial charge in [0.2, 0.25) is 0 Å². The molecule has 124 valence electrons. The van der Waals surface area contributed by atoms with Gasteiger partial charge in [-0.1, -0.05) is 12.1 Å². The Hall–Kier alpha value is -2.55. The van der Waals surface area contributed by atoms with Crippen LogP contribution in [0.25, 0.3) is 0 Å². The first-order chi connectivity index (χ1) is 10.7. The molecule has 0 fully saturated rings. The van der Waals surface area contributed by atoms with Crippen molar-refractivity contribution in [3.63, 3.8) is 0 Å². The number of hydrogen-bond donors (Lipinski definition) is 1. The van der Waals surface area contributed by atoms with Crippen LogP contribution in [-0.2, 0) is 14.3 Å². The van der Waals surface area contributed by atoms with Crippen LogP contribution in [0.4, 0.5) is 4.79 Å². The van der Waals surface area contributed by atoms with Crippen molar-refractivity contribution in [1.29, 1.82) is 5.26 Å². The van der Waals surface area contributed by atoms with E-state index in [4.69, 9.17) is 10.00 Å². The Bertz CT molecular complexity index is 582. The zero-order valence-electron chi connectivity index (χ0n) is 13.9. The van der Waals surface area contributed by atoms with E-state index in [1.165, 1.54) is 7.11 Å². The van der Waals surface area contributed by atoms with Crippen LogP contribution in [0.5, 0.6) is 0 Å². The number of methoxy groups -OCH3 is 1. The molecule has 0 spiro atoms. The lowest BCUT2D eigenvalue weighted by Crippen LogP contribution is -2.35. The van der Waals surface area contributed by atoms with Gasteiger partial charge >= 0.3 is 12.1 Å². The molecule has 1 amide bonds. The quantitative estimate of drug-likeness (QED) is 0.843. The van der Waals surface area contributed by atoms with Gasteiger partial charge in [-0.2, -0.15) is 5.26 Å². The van der Waals surface area contributed by atoms with E-state index >= 15 is 0 Å². The number of ether oxygens (including phenoxy) is 2. The Morgan fingerprint density at radius 3 is 2.35 bits per heavy atom. The lowest BCUT2D eigenvalue weighted by molar-refractivity contribution is -0.140. The molecule has 0 aliphatic rings. The number of nitrogens with one attached hydrogen (secondary N) is 1. The van der Waals surface area contributed by atoms with Gasteiger partial charge in [0, 0.05) is 6.42 Å². The minimum atomic E-state index is -0.609. The largest absolute Gasteiger partial charge is 0.469 e. The smallest absolute Gasteiger partial charge is 0.408 e. The van der Waals surface area contributed by atoms with Gasteiger partial charge in [0.05, 0.1) is 24.8 Å². The summed E-state index contributed by atoms with van der Waals surface area (Å²) in [6, 6.07) is 8.46. The predicted molar refractivity (Wildman–Crippen MR) is 84.5 cm³/mol. The van der Waals surface area contributed by atoms with Gasteiger partial charge in [0.15, 0.2) is 0 Å². The number of amides is 1. The monoisotopic (exact) mass is 318 g/mol. The van der Waals surface area contributed by atoms with Crippen LogP contribution in [0.2, 0.25) is 0 Å². The fourth-order valence-corrected chi connectivity index (χ4v) is 1.93. The second kappa shape index (κ2) is 8.18. The fraction of sp³-hybridized carbons (Fsp3) is 0.471. The summed E-state index contributed by atoms with van der Waals surface area (Å²) in [6.07, 6.45) is -0.0221. The molecule has 0 aliphatic carbocycles. The zero-order valence-corrected chi connectivity index (χ0v) is 13.9. The SMILES string of the molecule is COC(=O)CC[C@H](NC(=O)OC(C)(C)C)c1ccc(C#N)cc1. The van der Waals surface area contributed by atoms with E-state index in [0.717, 1.165) is 5.56 Å². The summed E-state index contributed by atoms with van der Waals surface area (Å²) >= 11 is 0. The molecule has 0 saturated heterocycles. The van der Waals surface area contributed by atoms with E-state index in [0.29, 0.717) is 12.0 Å². The molecular formula is C17H22N2O4. The van der Waals surface area contributed by atoms with Crippen molar-refractivity contribution >= 4 is 12.1 Å². The van der Waals surface area contributed by atoms with Gasteiger partial charge in [-0.05, 0) is 44.9 Å². The molecule has 1 N–H and O–H groups in total. The molecule has 1 atom stereocenters. The van der Waals surface area contributed by atoms with Crippen molar-refractivity contribution in [1.82, 2.24) is 5.32 Å². The van der Waals surface area contributed by atoms with Crippen molar-refractivity contribution in [3.8, 4) is 6.07 Å². The topological polar surface area (TPSA) is 88.4 Å². The number of esters is 1. The second-order valence-corrected chi connectivity index (χ2v) is 6.05. The highest BCUT2D eigenvalue weighted by Crippen LogP contribution is 2.20. The second-order valence-electron chi connectivity index (χ2n) is 6.05. The molecule has 0 bridgehead atoms. The maximum absolute atomic E-state index is 12.0. The molecular weight excluding hydrogens is 296 g/mol. The normalized spacial score (nSPS) is 12.0. The first-order valence-corrected chi connectivity index (χ1v) is 7.31. The number of hydrogen-bond acceptors (Lipinski definition) is 5. The summed E-state index contributed by atoms with van der Waals surface area (Å²) in [6.45, 7) is 5.33. The van der Waals surface area contributed by atoms with E-state index in [-0.39, 0.29) is 12.4 Å². The van der Waals surface area contributed by atoms with E-state index < -0.39 is 17.7 Å². The number of benzene rings is 1. The Balaban J connectivity index is 2.85. The third-order valence-electron chi connectivity index (χ3n) is 3.00. The highest BCUT2D eigenvalue weighted by Gasteiger charge is 2.21. The van der Waals surface area contributed by atoms with Crippen LogP contribution in [0.1, 0.15) is 50.8 Å². The molecule has 0 aliphatic heterocycles. The van der Waals surface area contributed by atoms with Crippen LogP contribution in [0.3, 0.4) is 0 Å². The molecule has 0 saturated carbocycles. The van der Waals surface area contributed by atoms with E-state index in [9.17, 15) is 9.59 Å². The van der Waals surface area contributed by atoms with Gasteiger partial charge in [-0.3, -0.25) is 4.79 Å². The standard InChI is InChI=1S/C17H22N2O4/c1-17(2,3)23-16(21)19-14(9-10-15(20)22-4)13-7-5-12(11-18)6-8-13/h5-8,14H,9-10H2,1-4H3,(H,19,21)/t14-/m0/s1. The van der Waals surface area contributed by atoms with Crippen LogP contribution >= 0.6 is 0 Å². The molecule has 23 heavy (non-hydrogen) atoms. The molecule has 1 aromatic carbocycles. The van der Waals surface area contributed by atoms with Crippen molar-refractivity contribution < 1.29 is 19.1 Å². The van der Waals surface area contributed by atoms with Gasteiger partial charge in [-0.15, -0.1) is 0 Å². The molecule has 0 unspecified atom stereocenters. The molecule has 6 nitrogen and oxygen atoms in total. The summed E-state index contributed by atoms with van der Waals surface area (Å²) in [5.41, 5.74) is 0.707. The number of nitriles is 1. The summed E-state index contributed by atoms with van der Waals surface area (Å²) in [4.78, 5) is 23.3. The maximum atomic E-state index is 12.0. The minimum Gasteiger partial charge on any atom is -0.469 e. The van der Waals surface area contributed by atoms with Gasteiger partial charge < -0.3 is 14.8 Å². The molecule has 1 aromatic rings. The first-order valence-electron chi connectivity index (χ1n) is 7.31. The van der Waals surface area contributed by atoms with Crippen LogP contribution in [0, 0.1) is 11.3 Å². The lowest BCUT2D eigenvalue weighted by atomic mass is 10.0. The minimum absolute atomic E-state index is 0.164. The van der Waals surface area contributed by atoms with E-state index in [1.807, 2.05) is 6.07 Å². The first kappa shape index (κ1) is 18.5. The van der Waals surface area contributed by atoms with Gasteiger partial charge in [0.25, 0.3) is 0 Å². The van der Waals surface area contributed by atoms with E-state index in [1.54, 1.807) is 45.0 Å². The van der Waals surface area contributed by atoms with Gasteiger partial charge in [-0.25, -0.2) is 4.79 Å². The summed E-state index contributed by atoms with van der Waals surface area (Å²) < 4.78 is 9.88. The van der Waals surface area contributed by atoms with Crippen molar-refractivity contribution in [2.45, 2.75) is 45.3 Å². The highest BCUT2D eigenvalue weighted by atomic mass is 16.6. The Morgan fingerprint density at radius 1 is 1.26 bits per heavy atom. The summed E-state index contributed by atoms with van der Waals surface area (Å²) in [5.74, 6) is -0.352. The number of carbonyl (C=O) groups excluding carboxylic acids is 2. The number of alkyl carbamates (subject to hydrolysis) is 1. The summed E-state index contributed by atoms with van der Waals surface area (Å²) in [5, 5.41) is 11.6. The lowest BCUT2D eigenvalue weighted by Gasteiger charge is -2.24.